The summed E-state index contributed by atoms with van der Waals surface area (Å²) < 4.78 is 5.15. The molecule has 75 valence electrons. The highest BCUT2D eigenvalue weighted by atomic mass is 16.5. The van der Waals surface area contributed by atoms with Crippen LogP contribution in [0.3, 0.4) is 0 Å². The molecule has 0 N–H and O–H groups in total. The zero-order valence-electron chi connectivity index (χ0n) is 8.75. The summed E-state index contributed by atoms with van der Waals surface area (Å²) in [6.07, 6.45) is 6.70. The topological polar surface area (TPSA) is 9.23 Å². The van der Waals surface area contributed by atoms with Crippen LogP contribution in [0.15, 0.2) is 24.3 Å². The molecule has 1 aromatic carbocycles. The van der Waals surface area contributed by atoms with Gasteiger partial charge in [0.1, 0.15) is 5.75 Å². The first-order valence-corrected chi connectivity index (χ1v) is 5.39. The predicted molar refractivity (Wildman–Crippen MR) is 58.4 cm³/mol. The minimum absolute atomic E-state index is 0.949. The van der Waals surface area contributed by atoms with Gasteiger partial charge < -0.3 is 4.74 Å². The third-order valence-electron chi connectivity index (χ3n) is 2.96. The van der Waals surface area contributed by atoms with Crippen molar-refractivity contribution in [3.63, 3.8) is 0 Å². The van der Waals surface area contributed by atoms with Crippen molar-refractivity contribution in [3.05, 3.63) is 35.7 Å². The predicted octanol–water partition coefficient (Wildman–Crippen LogP) is 3.58. The molecule has 1 nitrogen and oxygen atoms in total. The van der Waals surface area contributed by atoms with Crippen molar-refractivity contribution in [2.75, 3.05) is 7.11 Å². The Bertz CT molecular complexity index is 270. The summed E-state index contributed by atoms with van der Waals surface area (Å²) in [5.41, 5.74) is 1.41. The molecule has 0 aromatic heterocycles. The average molecular weight is 189 g/mol. The van der Waals surface area contributed by atoms with Gasteiger partial charge in [-0.3, -0.25) is 0 Å². The van der Waals surface area contributed by atoms with Crippen LogP contribution in [-0.4, -0.2) is 7.11 Å². The van der Waals surface area contributed by atoms with E-state index in [1.54, 1.807) is 13.0 Å². The summed E-state index contributed by atoms with van der Waals surface area (Å²) in [6, 6.07) is 8.47. The van der Waals surface area contributed by atoms with Gasteiger partial charge in [0.05, 0.1) is 7.11 Å². The van der Waals surface area contributed by atoms with Crippen molar-refractivity contribution >= 4 is 0 Å². The van der Waals surface area contributed by atoms with Gasteiger partial charge in [-0.2, -0.15) is 0 Å². The second kappa shape index (κ2) is 4.50. The van der Waals surface area contributed by atoms with Gasteiger partial charge in [0.15, 0.2) is 0 Å². The standard InChI is InChI=1S/C13H17O/c1-14-13-9-7-12(8-10-13)11-5-3-2-4-6-11/h7-10H,2-6H2,1H3. The Hall–Kier alpha value is -0.980. The smallest absolute Gasteiger partial charge is 0.118 e. The lowest BCUT2D eigenvalue weighted by Gasteiger charge is -2.21. The lowest BCUT2D eigenvalue weighted by molar-refractivity contribution is 0.414. The third-order valence-corrected chi connectivity index (χ3v) is 2.96. The van der Waals surface area contributed by atoms with Crippen molar-refractivity contribution in [2.24, 2.45) is 0 Å². The molecule has 1 fully saturated rings. The largest absolute Gasteiger partial charge is 0.497 e. The second-order valence-electron chi connectivity index (χ2n) is 3.89. The van der Waals surface area contributed by atoms with Crippen LogP contribution in [0.25, 0.3) is 0 Å². The van der Waals surface area contributed by atoms with Crippen LogP contribution < -0.4 is 4.74 Å². The van der Waals surface area contributed by atoms with Crippen LogP contribution in [-0.2, 0) is 0 Å². The van der Waals surface area contributed by atoms with Crippen molar-refractivity contribution < 1.29 is 4.74 Å². The Balaban J connectivity index is 2.07. The molecule has 1 radical (unpaired) electrons. The molecule has 1 heteroatoms. The summed E-state index contributed by atoms with van der Waals surface area (Å²) in [4.78, 5) is 0. The molecule has 0 saturated heterocycles. The number of rotatable bonds is 2. The fourth-order valence-electron chi connectivity index (χ4n) is 2.09. The molecule has 0 bridgehead atoms. The SMILES string of the molecule is COc1ccc([C]2CCCCC2)cc1. The Kier molecular flexibility index (Phi) is 3.07. The maximum absolute atomic E-state index is 5.15. The minimum Gasteiger partial charge on any atom is -0.497 e. The molecule has 2 rings (SSSR count). The second-order valence-corrected chi connectivity index (χ2v) is 3.89. The summed E-state index contributed by atoms with van der Waals surface area (Å²) in [5, 5.41) is 0. The van der Waals surface area contributed by atoms with E-state index in [1.807, 2.05) is 0 Å². The van der Waals surface area contributed by atoms with Crippen LogP contribution in [0.4, 0.5) is 0 Å². The highest BCUT2D eigenvalue weighted by molar-refractivity contribution is 5.36. The highest BCUT2D eigenvalue weighted by Crippen LogP contribution is 2.32. The molecule has 0 aliphatic heterocycles. The minimum atomic E-state index is 0.949. The summed E-state index contributed by atoms with van der Waals surface area (Å²) in [5.74, 6) is 2.57. The molecule has 1 saturated carbocycles. The van der Waals surface area contributed by atoms with Crippen LogP contribution in [0.2, 0.25) is 0 Å². The lowest BCUT2D eigenvalue weighted by Crippen LogP contribution is -2.05. The van der Waals surface area contributed by atoms with Gasteiger partial charge in [0, 0.05) is 5.92 Å². The number of hydrogen-bond acceptors (Lipinski definition) is 1. The number of benzene rings is 1. The maximum Gasteiger partial charge on any atom is 0.118 e. The molecular formula is C13H17O. The first-order valence-electron chi connectivity index (χ1n) is 5.39. The Morgan fingerprint density at radius 1 is 0.929 bits per heavy atom. The van der Waals surface area contributed by atoms with Gasteiger partial charge in [0.25, 0.3) is 0 Å². The Morgan fingerprint density at radius 2 is 1.57 bits per heavy atom. The van der Waals surface area contributed by atoms with E-state index in [-0.39, 0.29) is 0 Å². The van der Waals surface area contributed by atoms with Crippen molar-refractivity contribution in [1.82, 2.24) is 0 Å². The van der Waals surface area contributed by atoms with E-state index < -0.39 is 0 Å². The quantitative estimate of drug-likeness (QED) is 0.691. The van der Waals surface area contributed by atoms with Crippen LogP contribution >= 0.6 is 0 Å². The van der Waals surface area contributed by atoms with Gasteiger partial charge in [-0.05, 0) is 30.5 Å². The summed E-state index contributed by atoms with van der Waals surface area (Å²) in [6.45, 7) is 0. The van der Waals surface area contributed by atoms with Gasteiger partial charge in [-0.15, -0.1) is 0 Å². The highest BCUT2D eigenvalue weighted by Gasteiger charge is 2.15. The molecule has 0 atom stereocenters. The molecule has 1 aliphatic rings. The van der Waals surface area contributed by atoms with Gasteiger partial charge >= 0.3 is 0 Å². The van der Waals surface area contributed by atoms with Crippen molar-refractivity contribution in [2.45, 2.75) is 32.1 Å². The monoisotopic (exact) mass is 189 g/mol. The van der Waals surface area contributed by atoms with Crippen molar-refractivity contribution in [1.29, 1.82) is 0 Å². The molecule has 1 aromatic rings. The number of methoxy groups -OCH3 is 1. The maximum atomic E-state index is 5.15. The molecule has 0 amide bonds. The molecule has 1 aliphatic carbocycles. The van der Waals surface area contributed by atoms with Crippen molar-refractivity contribution in [3.8, 4) is 5.75 Å². The fourth-order valence-corrected chi connectivity index (χ4v) is 2.09. The third kappa shape index (κ3) is 2.09. The van der Waals surface area contributed by atoms with Crippen LogP contribution in [0, 0.1) is 5.92 Å². The van der Waals surface area contributed by atoms with E-state index in [0.29, 0.717) is 0 Å². The van der Waals surface area contributed by atoms with Gasteiger partial charge in [0.2, 0.25) is 0 Å². The zero-order valence-corrected chi connectivity index (χ0v) is 8.75. The lowest BCUT2D eigenvalue weighted by atomic mass is 9.84. The molecule has 0 spiro atoms. The zero-order chi connectivity index (χ0) is 9.80. The summed E-state index contributed by atoms with van der Waals surface area (Å²) in [7, 11) is 1.71. The van der Waals surface area contributed by atoms with E-state index >= 15 is 0 Å². The molecule has 0 heterocycles. The molecule has 0 unspecified atom stereocenters. The van der Waals surface area contributed by atoms with E-state index in [4.69, 9.17) is 4.74 Å². The van der Waals surface area contributed by atoms with E-state index in [2.05, 4.69) is 24.3 Å². The fraction of sp³-hybridized carbons (Fsp3) is 0.462. The first kappa shape index (κ1) is 9.57. The number of ether oxygens (including phenoxy) is 1. The molecular weight excluding hydrogens is 172 g/mol. The normalized spacial score (nSPS) is 18.1. The number of hydrogen-bond donors (Lipinski definition) is 0. The Labute approximate surface area is 86.1 Å². The summed E-state index contributed by atoms with van der Waals surface area (Å²) >= 11 is 0. The van der Waals surface area contributed by atoms with Gasteiger partial charge in [-0.25, -0.2) is 0 Å². The van der Waals surface area contributed by atoms with Crippen LogP contribution in [0.1, 0.15) is 37.7 Å². The van der Waals surface area contributed by atoms with E-state index in [9.17, 15) is 0 Å². The average Bonchev–Trinajstić information content (AvgIpc) is 2.30. The Morgan fingerprint density at radius 3 is 2.14 bits per heavy atom. The van der Waals surface area contributed by atoms with Crippen LogP contribution in [0.5, 0.6) is 5.75 Å². The van der Waals surface area contributed by atoms with E-state index in [0.717, 1.165) is 5.75 Å². The van der Waals surface area contributed by atoms with Gasteiger partial charge in [-0.1, -0.05) is 31.4 Å². The first-order chi connectivity index (χ1) is 6.90. The molecule has 14 heavy (non-hydrogen) atoms. The van der Waals surface area contributed by atoms with E-state index in [1.165, 1.54) is 37.7 Å².